The Balaban J connectivity index is 0.000000101. The number of rotatable bonds is 6. The Morgan fingerprint density at radius 1 is 0.132 bits per heavy atom. The first-order valence-electron chi connectivity index (χ1n) is 50.0. The molecule has 144 heavy (non-hydrogen) atoms. The molecule has 4 heteroatoms. The van der Waals surface area contributed by atoms with E-state index in [1.807, 2.05) is 12.1 Å². The highest BCUT2D eigenvalue weighted by molar-refractivity contribution is 6.28. The maximum Gasteiger partial charge on any atom is 0.143 e. The quantitative estimate of drug-likeness (QED) is 0.156. The largest absolute Gasteiger partial charge is 0.456 e. The van der Waals surface area contributed by atoms with Gasteiger partial charge in [-0.1, -0.05) is 392 Å². The third kappa shape index (κ3) is 12.2. The van der Waals surface area contributed by atoms with Gasteiger partial charge in [0.2, 0.25) is 0 Å². The molecule has 0 spiro atoms. The number of hydrogen-bond acceptors (Lipinski definition) is 4. The van der Waals surface area contributed by atoms with Crippen LogP contribution in [-0.2, 0) is 10.8 Å². The average Bonchev–Trinajstić information content (AvgIpc) is 1.56. The molecule has 0 saturated heterocycles. The predicted molar refractivity (Wildman–Crippen MR) is 609 cm³/mol. The standard InChI is InChI=1S/C49H32O.C46H26O2.C45H30O/c1-49(2)42-23-20-29-11-5-6-14-34(29)48(42)39-22-19-33(27-43(39)49)47-37-17-9-7-15-35(37)46(36-16-8-10-18-38(36)47)32-21-24-44-40(26-32)41-25-30-12-3-4-13-31(30)28-45(41)50-44;1-2-11-29-26-43-40(23-28(29)10-1)39-25-31(18-21-41(39)47-43)45-35-15-7-5-13-33(35)44(34-14-6-8-16-36(34)45)30-19-22-42-38(24-30)37-20-17-27-9-3-4-12-32(27)46(37)48-42;1-45(2)38-23-20-27-11-3-4-12-30(27)44(38)36-22-19-29(26-39(36)45)43-34-16-7-5-14-32(34)42(33-15-6-8-17-35(33)43)28-21-24-41-37(25-28)31-13-9-10-18-40(31)46-41/h3-28H,1-2H3;1-26H;3-26H,1-2H3. The van der Waals surface area contributed by atoms with Crippen LogP contribution in [0.2, 0.25) is 0 Å². The van der Waals surface area contributed by atoms with Crippen LogP contribution < -0.4 is 0 Å². The summed E-state index contributed by atoms with van der Waals surface area (Å²) in [6, 6.07) is 168. The highest BCUT2D eigenvalue weighted by Gasteiger charge is 2.39. The molecular weight excluding hydrogens is 1750 g/mol. The van der Waals surface area contributed by atoms with Crippen LogP contribution >= 0.6 is 0 Å². The normalized spacial score (nSPS) is 13.1. The summed E-state index contributed by atoms with van der Waals surface area (Å²) in [6.45, 7) is 9.53. The minimum absolute atomic E-state index is 0.0982. The van der Waals surface area contributed by atoms with Gasteiger partial charge in [-0.25, -0.2) is 0 Å². The Hall–Kier alpha value is -18.2. The Morgan fingerprint density at radius 2 is 0.368 bits per heavy atom. The number of furan rings is 4. The van der Waals surface area contributed by atoms with Crippen LogP contribution in [0, 0.1) is 0 Å². The summed E-state index contributed by atoms with van der Waals surface area (Å²) in [5.74, 6) is 0. The van der Waals surface area contributed by atoms with E-state index < -0.39 is 0 Å². The lowest BCUT2D eigenvalue weighted by atomic mass is 9.80. The van der Waals surface area contributed by atoms with E-state index in [1.165, 1.54) is 224 Å². The first-order valence-corrected chi connectivity index (χ1v) is 50.0. The van der Waals surface area contributed by atoms with Gasteiger partial charge in [0.1, 0.15) is 44.7 Å². The van der Waals surface area contributed by atoms with Crippen molar-refractivity contribution >= 4 is 206 Å². The molecule has 4 heterocycles. The first kappa shape index (κ1) is 81.7. The molecule has 0 bridgehead atoms. The van der Waals surface area contributed by atoms with E-state index in [9.17, 15) is 0 Å². The fourth-order valence-corrected chi connectivity index (χ4v) is 25.4. The molecule has 2 aliphatic rings. The molecule has 0 fully saturated rings. The molecular formula is C140H88O4. The molecule has 30 aromatic rings. The van der Waals surface area contributed by atoms with Gasteiger partial charge in [-0.15, -0.1) is 0 Å². The first-order chi connectivity index (χ1) is 70.9. The van der Waals surface area contributed by atoms with Crippen LogP contribution in [0.4, 0.5) is 0 Å². The van der Waals surface area contributed by atoms with Crippen molar-refractivity contribution in [3.05, 3.63) is 483 Å². The minimum atomic E-state index is -0.107. The second-order valence-electron chi connectivity index (χ2n) is 40.5. The maximum atomic E-state index is 6.48. The Labute approximate surface area is 828 Å². The topological polar surface area (TPSA) is 52.6 Å². The third-order valence-corrected chi connectivity index (χ3v) is 32.1. The predicted octanol–water partition coefficient (Wildman–Crippen LogP) is 40.0. The Kier molecular flexibility index (Phi) is 17.7. The van der Waals surface area contributed by atoms with Crippen molar-refractivity contribution in [2.75, 3.05) is 0 Å². The van der Waals surface area contributed by atoms with Crippen molar-refractivity contribution < 1.29 is 17.7 Å². The van der Waals surface area contributed by atoms with E-state index in [0.717, 1.165) is 93.1 Å². The van der Waals surface area contributed by atoms with E-state index in [4.69, 9.17) is 17.7 Å². The molecule has 0 N–H and O–H groups in total. The van der Waals surface area contributed by atoms with Gasteiger partial charge < -0.3 is 17.7 Å². The van der Waals surface area contributed by atoms with Crippen molar-refractivity contribution in [3.8, 4) is 89.0 Å². The summed E-state index contributed by atoms with van der Waals surface area (Å²) >= 11 is 0. The van der Waals surface area contributed by atoms with Gasteiger partial charge in [0.05, 0.1) is 0 Å². The van der Waals surface area contributed by atoms with Gasteiger partial charge in [-0.2, -0.15) is 0 Å². The molecule has 0 aliphatic heterocycles. The monoisotopic (exact) mass is 1830 g/mol. The van der Waals surface area contributed by atoms with Crippen LogP contribution in [0.15, 0.2) is 479 Å². The Bertz CT molecular complexity index is 10600. The van der Waals surface area contributed by atoms with E-state index in [0.29, 0.717) is 0 Å². The minimum Gasteiger partial charge on any atom is -0.456 e. The van der Waals surface area contributed by atoms with Crippen LogP contribution in [0.5, 0.6) is 0 Å². The van der Waals surface area contributed by atoms with Crippen molar-refractivity contribution in [3.63, 3.8) is 0 Å². The summed E-state index contributed by atoms with van der Waals surface area (Å²) in [5.41, 5.74) is 33.1. The average molecular weight is 1830 g/mol. The number of fused-ring (bicyclic) bond motifs is 32. The second kappa shape index (κ2) is 31.1. The van der Waals surface area contributed by atoms with E-state index >= 15 is 0 Å². The number of para-hydroxylation sites is 1. The molecule has 0 atom stereocenters. The molecule has 672 valence electrons. The van der Waals surface area contributed by atoms with Gasteiger partial charge in [0.25, 0.3) is 0 Å². The third-order valence-electron chi connectivity index (χ3n) is 32.1. The SMILES string of the molecule is CC1(C)c2cc(-c3c4ccccc4c(-c4ccc5oc6cc7ccccc7cc6c5c4)c4ccccc34)ccc2-c2c1ccc1ccccc21.CC1(C)c2cc(-c3c4ccccc4c(-c4ccc5oc6ccccc6c5c4)c4ccccc34)ccc2-c2c1ccc1ccccc21.c1ccc2cc3c(cc2c1)oc1ccc(-c2c4ccccc4c(-c4ccc5oc6c7ccccc7ccc6c5c4)c4ccccc24)cc13. The van der Waals surface area contributed by atoms with E-state index in [-0.39, 0.29) is 10.8 Å². The van der Waals surface area contributed by atoms with Crippen molar-refractivity contribution in [2.24, 2.45) is 0 Å². The van der Waals surface area contributed by atoms with Gasteiger partial charge >= 0.3 is 0 Å². The lowest BCUT2D eigenvalue weighted by Gasteiger charge is -2.23. The summed E-state index contributed by atoms with van der Waals surface area (Å²) in [7, 11) is 0. The zero-order valence-electron chi connectivity index (χ0n) is 79.5. The van der Waals surface area contributed by atoms with Crippen LogP contribution in [0.1, 0.15) is 49.9 Å². The molecule has 26 aromatic carbocycles. The zero-order chi connectivity index (χ0) is 95.1. The smallest absolute Gasteiger partial charge is 0.143 e. The molecule has 32 rings (SSSR count). The van der Waals surface area contributed by atoms with Gasteiger partial charge in [0, 0.05) is 59.3 Å². The van der Waals surface area contributed by atoms with Crippen LogP contribution in [0.25, 0.3) is 295 Å². The van der Waals surface area contributed by atoms with Gasteiger partial charge in [-0.05, 0) is 321 Å². The summed E-state index contributed by atoms with van der Waals surface area (Å²) in [5, 5.41) is 36.6. The molecule has 2 aliphatic carbocycles. The highest BCUT2D eigenvalue weighted by Crippen LogP contribution is 2.58. The summed E-state index contributed by atoms with van der Waals surface area (Å²) < 4.78 is 25.5. The fraction of sp³-hybridized carbons (Fsp3) is 0.0429. The van der Waals surface area contributed by atoms with Crippen LogP contribution in [0.3, 0.4) is 0 Å². The molecule has 4 aromatic heterocycles. The van der Waals surface area contributed by atoms with Gasteiger partial charge in [-0.3, -0.25) is 0 Å². The molecule has 0 unspecified atom stereocenters. The Morgan fingerprint density at radius 3 is 0.722 bits per heavy atom. The molecule has 4 nitrogen and oxygen atoms in total. The number of hydrogen-bond donors (Lipinski definition) is 0. The van der Waals surface area contributed by atoms with Crippen LogP contribution in [-0.4, -0.2) is 0 Å². The highest BCUT2D eigenvalue weighted by atomic mass is 16.3. The van der Waals surface area contributed by atoms with Crippen molar-refractivity contribution in [2.45, 2.75) is 38.5 Å². The van der Waals surface area contributed by atoms with E-state index in [1.54, 1.807) is 0 Å². The lowest BCUT2D eigenvalue weighted by molar-refractivity contribution is 0.661. The van der Waals surface area contributed by atoms with Crippen molar-refractivity contribution in [1.29, 1.82) is 0 Å². The molecule has 0 amide bonds. The molecule has 0 radical (unpaired) electrons. The van der Waals surface area contributed by atoms with E-state index in [2.05, 4.69) is 477 Å². The fourth-order valence-electron chi connectivity index (χ4n) is 25.4. The second-order valence-corrected chi connectivity index (χ2v) is 40.5. The maximum absolute atomic E-state index is 6.48. The zero-order valence-corrected chi connectivity index (χ0v) is 79.5. The lowest BCUT2D eigenvalue weighted by Crippen LogP contribution is -2.15. The summed E-state index contributed by atoms with van der Waals surface area (Å²) in [4.78, 5) is 0. The van der Waals surface area contributed by atoms with Crippen molar-refractivity contribution in [1.82, 2.24) is 0 Å². The molecule has 0 saturated carbocycles. The van der Waals surface area contributed by atoms with Gasteiger partial charge in [0.15, 0.2) is 0 Å². The summed E-state index contributed by atoms with van der Waals surface area (Å²) in [6.07, 6.45) is 0. The number of benzene rings is 26.